The molecular formula is C18H17N3OS. The highest BCUT2D eigenvalue weighted by Gasteiger charge is 2.32. The van der Waals surface area contributed by atoms with Gasteiger partial charge in [0, 0.05) is 40.8 Å². The average molecular weight is 323 g/mol. The highest BCUT2D eigenvalue weighted by molar-refractivity contribution is 7.99. The van der Waals surface area contributed by atoms with Crippen LogP contribution in [0.3, 0.4) is 0 Å². The van der Waals surface area contributed by atoms with E-state index in [4.69, 9.17) is 0 Å². The van der Waals surface area contributed by atoms with E-state index in [9.17, 15) is 4.79 Å². The number of rotatable bonds is 3. The van der Waals surface area contributed by atoms with E-state index in [-0.39, 0.29) is 17.2 Å². The van der Waals surface area contributed by atoms with Crippen molar-refractivity contribution in [1.29, 1.82) is 0 Å². The second-order valence-corrected chi connectivity index (χ2v) is 6.97. The summed E-state index contributed by atoms with van der Waals surface area (Å²) < 4.78 is 0. The predicted octanol–water partition coefficient (Wildman–Crippen LogP) is 3.46. The maximum absolute atomic E-state index is 12.9. The van der Waals surface area contributed by atoms with Crippen LogP contribution in [0.5, 0.6) is 0 Å². The van der Waals surface area contributed by atoms with Crippen molar-refractivity contribution < 1.29 is 4.79 Å². The lowest BCUT2D eigenvalue weighted by Crippen LogP contribution is -2.34. The minimum absolute atomic E-state index is 0.130. The number of thioether (sulfide) groups is 1. The van der Waals surface area contributed by atoms with Crippen LogP contribution in [0.25, 0.3) is 10.9 Å². The van der Waals surface area contributed by atoms with Gasteiger partial charge in [0.1, 0.15) is 0 Å². The summed E-state index contributed by atoms with van der Waals surface area (Å²) in [6, 6.07) is 9.94. The normalized spacial score (nSPS) is 20.9. The van der Waals surface area contributed by atoms with Gasteiger partial charge in [0.15, 0.2) is 5.78 Å². The summed E-state index contributed by atoms with van der Waals surface area (Å²) in [5.74, 6) is 0.927. The topological polar surface area (TPSA) is 57.8 Å². The summed E-state index contributed by atoms with van der Waals surface area (Å²) in [5.41, 5.74) is 4.08. The maximum Gasteiger partial charge on any atom is 0.182 e. The van der Waals surface area contributed by atoms with Gasteiger partial charge in [-0.2, -0.15) is 0 Å². The molecule has 3 aromatic rings. The fourth-order valence-electron chi connectivity index (χ4n) is 2.98. The Labute approximate surface area is 138 Å². The number of hydrogen-bond acceptors (Lipinski definition) is 4. The van der Waals surface area contributed by atoms with Crippen molar-refractivity contribution >= 4 is 28.4 Å². The number of aromatic nitrogens is 2. The third-order valence-electron chi connectivity index (χ3n) is 4.19. The summed E-state index contributed by atoms with van der Waals surface area (Å²) in [6.45, 7) is 2.05. The molecule has 1 aliphatic rings. The van der Waals surface area contributed by atoms with E-state index < -0.39 is 0 Å². The molecule has 3 heterocycles. The largest absolute Gasteiger partial charge is 0.360 e. The van der Waals surface area contributed by atoms with Crippen LogP contribution in [0.1, 0.15) is 26.9 Å². The molecule has 1 aliphatic heterocycles. The van der Waals surface area contributed by atoms with Gasteiger partial charge in [0.05, 0.1) is 11.4 Å². The van der Waals surface area contributed by atoms with Crippen LogP contribution in [0.2, 0.25) is 0 Å². The van der Waals surface area contributed by atoms with Crippen LogP contribution < -0.4 is 5.32 Å². The first-order chi connectivity index (χ1) is 11.2. The fraction of sp³-hybridized carbons (Fsp3) is 0.222. The molecule has 1 fully saturated rings. The van der Waals surface area contributed by atoms with Gasteiger partial charge >= 0.3 is 0 Å². The minimum Gasteiger partial charge on any atom is -0.360 e. The first kappa shape index (κ1) is 14.5. The van der Waals surface area contributed by atoms with E-state index in [1.165, 1.54) is 5.56 Å². The molecule has 0 radical (unpaired) electrons. The molecule has 23 heavy (non-hydrogen) atoms. The van der Waals surface area contributed by atoms with E-state index in [1.807, 2.05) is 36.7 Å². The number of aromatic amines is 1. The Balaban J connectivity index is 1.57. The zero-order chi connectivity index (χ0) is 15.8. The molecule has 0 amide bonds. The van der Waals surface area contributed by atoms with Gasteiger partial charge in [0.2, 0.25) is 0 Å². The molecule has 2 N–H and O–H groups in total. The quantitative estimate of drug-likeness (QED) is 0.725. The number of aryl methyl sites for hydroxylation is 1. The lowest BCUT2D eigenvalue weighted by Gasteiger charge is -2.12. The summed E-state index contributed by atoms with van der Waals surface area (Å²) >= 11 is 1.75. The summed E-state index contributed by atoms with van der Waals surface area (Å²) in [7, 11) is 0. The number of H-pyrrole nitrogens is 1. The number of ketones is 1. The van der Waals surface area contributed by atoms with E-state index in [0.717, 1.165) is 27.8 Å². The number of benzene rings is 1. The average Bonchev–Trinajstić information content (AvgIpc) is 3.22. The van der Waals surface area contributed by atoms with Gasteiger partial charge < -0.3 is 4.98 Å². The van der Waals surface area contributed by atoms with Crippen LogP contribution in [0, 0.1) is 6.92 Å². The van der Waals surface area contributed by atoms with Gasteiger partial charge in [-0.05, 0) is 30.2 Å². The van der Waals surface area contributed by atoms with Crippen molar-refractivity contribution in [2.24, 2.45) is 0 Å². The van der Waals surface area contributed by atoms with E-state index in [0.29, 0.717) is 0 Å². The number of carbonyl (C=O) groups is 1. The Morgan fingerprint density at radius 3 is 3.09 bits per heavy atom. The number of pyridine rings is 1. The monoisotopic (exact) mass is 323 g/mol. The van der Waals surface area contributed by atoms with Crippen molar-refractivity contribution in [2.75, 3.05) is 5.75 Å². The zero-order valence-corrected chi connectivity index (χ0v) is 13.6. The SMILES string of the molecule is Cc1ccc2c(C(=O)C3CSC(c4cccnc4)N3)c[nH]c2c1. The Kier molecular flexibility index (Phi) is 3.67. The Bertz CT molecular complexity index is 859. The molecule has 0 aliphatic carbocycles. The molecule has 0 bridgehead atoms. The highest BCUT2D eigenvalue weighted by atomic mass is 32.2. The molecule has 5 heteroatoms. The van der Waals surface area contributed by atoms with E-state index in [1.54, 1.807) is 18.0 Å². The van der Waals surface area contributed by atoms with Crippen molar-refractivity contribution in [2.45, 2.75) is 18.3 Å². The number of nitrogens with zero attached hydrogens (tertiary/aromatic N) is 1. The summed E-state index contributed by atoms with van der Waals surface area (Å²) in [5, 5.41) is 4.56. The summed E-state index contributed by atoms with van der Waals surface area (Å²) in [4.78, 5) is 20.2. The van der Waals surface area contributed by atoms with Crippen molar-refractivity contribution in [1.82, 2.24) is 15.3 Å². The van der Waals surface area contributed by atoms with Crippen LogP contribution in [0.4, 0.5) is 0 Å². The lowest BCUT2D eigenvalue weighted by atomic mass is 10.0. The molecule has 2 unspecified atom stereocenters. The van der Waals surface area contributed by atoms with Crippen LogP contribution in [-0.2, 0) is 0 Å². The first-order valence-electron chi connectivity index (χ1n) is 7.62. The molecule has 1 aromatic carbocycles. The second-order valence-electron chi connectivity index (χ2n) is 5.83. The van der Waals surface area contributed by atoms with Gasteiger partial charge in [-0.1, -0.05) is 18.2 Å². The lowest BCUT2D eigenvalue weighted by molar-refractivity contribution is 0.0957. The van der Waals surface area contributed by atoms with Crippen molar-refractivity contribution in [3.05, 3.63) is 65.6 Å². The smallest absolute Gasteiger partial charge is 0.182 e. The number of hydrogen-bond donors (Lipinski definition) is 2. The van der Waals surface area contributed by atoms with Gasteiger partial charge in [-0.25, -0.2) is 0 Å². The second kappa shape index (κ2) is 5.83. The zero-order valence-electron chi connectivity index (χ0n) is 12.7. The molecule has 4 rings (SSSR count). The minimum atomic E-state index is -0.162. The maximum atomic E-state index is 12.9. The number of nitrogens with one attached hydrogen (secondary N) is 2. The standard InChI is InChI=1S/C18H17N3OS/c1-11-4-5-13-14(9-20-15(13)7-11)17(22)16-10-23-18(21-16)12-3-2-6-19-8-12/h2-9,16,18,20-21H,10H2,1H3. The van der Waals surface area contributed by atoms with Crippen molar-refractivity contribution in [3.63, 3.8) is 0 Å². The molecule has 2 aromatic heterocycles. The van der Waals surface area contributed by atoms with E-state index >= 15 is 0 Å². The molecule has 116 valence electrons. The molecule has 0 saturated carbocycles. The van der Waals surface area contributed by atoms with Crippen LogP contribution in [-0.4, -0.2) is 27.5 Å². The third kappa shape index (κ3) is 2.66. The predicted molar refractivity (Wildman–Crippen MR) is 93.7 cm³/mol. The van der Waals surface area contributed by atoms with Crippen LogP contribution >= 0.6 is 11.8 Å². The Morgan fingerprint density at radius 2 is 2.26 bits per heavy atom. The van der Waals surface area contributed by atoms with Gasteiger partial charge in [-0.3, -0.25) is 15.1 Å². The van der Waals surface area contributed by atoms with E-state index in [2.05, 4.69) is 28.3 Å². The third-order valence-corrected chi connectivity index (χ3v) is 5.46. The number of carbonyl (C=O) groups excluding carboxylic acids is 1. The first-order valence-corrected chi connectivity index (χ1v) is 8.67. The molecule has 2 atom stereocenters. The Morgan fingerprint density at radius 1 is 1.35 bits per heavy atom. The summed E-state index contributed by atoms with van der Waals surface area (Å²) in [6.07, 6.45) is 5.45. The van der Waals surface area contributed by atoms with Crippen molar-refractivity contribution in [3.8, 4) is 0 Å². The number of fused-ring (bicyclic) bond motifs is 1. The highest BCUT2D eigenvalue weighted by Crippen LogP contribution is 2.34. The molecule has 4 nitrogen and oxygen atoms in total. The molecule has 1 saturated heterocycles. The molecular weight excluding hydrogens is 306 g/mol. The van der Waals surface area contributed by atoms with Gasteiger partial charge in [0.25, 0.3) is 0 Å². The van der Waals surface area contributed by atoms with Crippen LogP contribution in [0.15, 0.2) is 48.9 Å². The number of Topliss-reactive ketones (excluding diaryl/α,β-unsaturated/α-hetero) is 1. The fourth-order valence-corrected chi connectivity index (χ4v) is 4.20. The Hall–Kier alpha value is -2.11. The molecule has 0 spiro atoms. The van der Waals surface area contributed by atoms with Gasteiger partial charge in [-0.15, -0.1) is 11.8 Å².